The number of phenolic OH excluding ortho intramolecular Hbond substituents is 1. The Morgan fingerprint density at radius 3 is 2.50 bits per heavy atom. The van der Waals surface area contributed by atoms with Crippen LogP contribution in [0.3, 0.4) is 0 Å². The van der Waals surface area contributed by atoms with E-state index in [9.17, 15) is 24.3 Å². The molecule has 11 heteroatoms. The predicted molar refractivity (Wildman–Crippen MR) is 126 cm³/mol. The number of allylic oxidation sites excluding steroid dienone is 2. The van der Waals surface area contributed by atoms with Crippen LogP contribution in [0.15, 0.2) is 29.8 Å². The molecule has 180 valence electrons. The smallest absolute Gasteiger partial charge is 0.254 e. The van der Waals surface area contributed by atoms with Gasteiger partial charge in [0.2, 0.25) is 11.8 Å². The zero-order chi connectivity index (χ0) is 24.7. The number of benzene rings is 1. The zero-order valence-electron chi connectivity index (χ0n) is 18.3. The molecular formula is C23H21BrCl2N2O6. The number of likely N-dealkylation sites (tertiary alicyclic amines) is 2. The number of carbonyl (C=O) groups is 4. The number of amides is 4. The van der Waals surface area contributed by atoms with Crippen LogP contribution in [0.25, 0.3) is 0 Å². The monoisotopic (exact) mass is 570 g/mol. The number of nitrogens with zero attached hydrogens (tertiary/aromatic N) is 2. The summed E-state index contributed by atoms with van der Waals surface area (Å²) < 4.78 is 5.51. The second-order valence-corrected chi connectivity index (χ2v) is 10.9. The summed E-state index contributed by atoms with van der Waals surface area (Å²) in [6.07, 6.45) is 2.08. The first kappa shape index (κ1) is 23.6. The van der Waals surface area contributed by atoms with Crippen molar-refractivity contribution in [3.63, 3.8) is 0 Å². The van der Waals surface area contributed by atoms with Crippen LogP contribution in [0.2, 0.25) is 0 Å². The maximum atomic E-state index is 13.6. The molecule has 0 spiro atoms. The number of imide groups is 2. The fourth-order valence-corrected chi connectivity index (χ4v) is 7.61. The Morgan fingerprint density at radius 2 is 1.85 bits per heavy atom. The molecule has 8 nitrogen and oxygen atoms in total. The summed E-state index contributed by atoms with van der Waals surface area (Å²) in [4.78, 5) is 51.3. The van der Waals surface area contributed by atoms with Crippen LogP contribution in [-0.2, 0) is 19.2 Å². The molecule has 5 rings (SSSR count). The Labute approximate surface area is 213 Å². The first-order valence-electron chi connectivity index (χ1n) is 10.7. The van der Waals surface area contributed by atoms with Gasteiger partial charge in [0.05, 0.1) is 24.4 Å². The van der Waals surface area contributed by atoms with Crippen molar-refractivity contribution in [1.29, 1.82) is 0 Å². The Balaban J connectivity index is 1.78. The van der Waals surface area contributed by atoms with E-state index in [0.29, 0.717) is 17.6 Å². The van der Waals surface area contributed by atoms with Crippen molar-refractivity contribution in [3.8, 4) is 11.5 Å². The first-order chi connectivity index (χ1) is 16.0. The highest BCUT2D eigenvalue weighted by atomic mass is 79.9. The number of methoxy groups -OCH3 is 1. The van der Waals surface area contributed by atoms with Gasteiger partial charge in [-0.3, -0.25) is 29.0 Å². The number of aromatic hydroxyl groups is 1. The van der Waals surface area contributed by atoms with E-state index in [-0.39, 0.29) is 35.2 Å². The SMILES string of the molecule is COc1cc(O)ccc1[C@H]1C2=CC[C@@H]3C(=O)N(C)C(=O)[C@@H]3[C@@H]2C[C@@]2(Cl)C(=O)N(CBr)C(=O)[C@@]12Cl. The van der Waals surface area contributed by atoms with E-state index in [1.165, 1.54) is 26.3 Å². The van der Waals surface area contributed by atoms with Gasteiger partial charge >= 0.3 is 0 Å². The predicted octanol–water partition coefficient (Wildman–Crippen LogP) is 2.74. The van der Waals surface area contributed by atoms with Crippen molar-refractivity contribution >= 4 is 62.8 Å². The lowest BCUT2D eigenvalue weighted by molar-refractivity contribution is -0.140. The van der Waals surface area contributed by atoms with Crippen LogP contribution in [-0.4, -0.2) is 67.9 Å². The molecule has 1 saturated carbocycles. The van der Waals surface area contributed by atoms with Gasteiger partial charge in [0, 0.05) is 24.6 Å². The molecule has 34 heavy (non-hydrogen) atoms. The van der Waals surface area contributed by atoms with E-state index in [2.05, 4.69) is 15.9 Å². The normalized spacial score (nSPS) is 36.9. The lowest BCUT2D eigenvalue weighted by Gasteiger charge is -2.50. The molecule has 6 atom stereocenters. The number of hydrogen-bond acceptors (Lipinski definition) is 6. The third kappa shape index (κ3) is 2.72. The second-order valence-electron chi connectivity index (χ2n) is 9.15. The van der Waals surface area contributed by atoms with Gasteiger partial charge in [-0.25, -0.2) is 0 Å². The van der Waals surface area contributed by atoms with E-state index in [1.807, 2.05) is 6.08 Å². The van der Waals surface area contributed by atoms with Crippen LogP contribution in [0.5, 0.6) is 11.5 Å². The Morgan fingerprint density at radius 1 is 1.15 bits per heavy atom. The van der Waals surface area contributed by atoms with Crippen LogP contribution < -0.4 is 4.74 Å². The summed E-state index contributed by atoms with van der Waals surface area (Å²) in [5, 5.41) is 10.0. The molecule has 1 aromatic rings. The van der Waals surface area contributed by atoms with Crippen LogP contribution in [0, 0.1) is 17.8 Å². The second kappa shape index (κ2) is 7.70. The molecule has 0 aromatic heterocycles. The number of carbonyl (C=O) groups excluding carboxylic acids is 4. The lowest BCUT2D eigenvalue weighted by atomic mass is 9.56. The third-order valence-electron chi connectivity index (χ3n) is 7.76. The van der Waals surface area contributed by atoms with Gasteiger partial charge in [-0.05, 0) is 24.8 Å². The van der Waals surface area contributed by atoms with E-state index < -0.39 is 45.2 Å². The highest BCUT2D eigenvalue weighted by molar-refractivity contribution is 9.09. The summed E-state index contributed by atoms with van der Waals surface area (Å²) >= 11 is 17.4. The van der Waals surface area contributed by atoms with Crippen molar-refractivity contribution in [1.82, 2.24) is 9.80 Å². The summed E-state index contributed by atoms with van der Waals surface area (Å²) in [6.45, 7) is 0. The lowest BCUT2D eigenvalue weighted by Crippen LogP contribution is -2.60. The quantitative estimate of drug-likeness (QED) is 0.259. The summed E-state index contributed by atoms with van der Waals surface area (Å²) in [7, 11) is 2.87. The van der Waals surface area contributed by atoms with E-state index in [1.54, 1.807) is 6.07 Å². The molecule has 1 aromatic carbocycles. The minimum absolute atomic E-state index is 0.0551. The molecule has 0 unspecified atom stereocenters. The fraction of sp³-hybridized carbons (Fsp3) is 0.478. The standard InChI is InChI=1S/C23H21BrCl2N2O6/c1-27-18(30)13-6-5-11-14(16(13)19(27)31)8-22(25)20(32)28(9-24)21(33)23(22,26)17(11)12-4-3-10(29)7-15(12)34-2/h3-5,7,13-14,16-17,29H,6,8-9H2,1-2H3/t13-,14+,16-,17+,22+,23-/m0/s1. The van der Waals surface area contributed by atoms with E-state index in [4.69, 9.17) is 27.9 Å². The van der Waals surface area contributed by atoms with Crippen molar-refractivity contribution in [2.45, 2.75) is 28.5 Å². The van der Waals surface area contributed by atoms with Crippen LogP contribution >= 0.6 is 39.1 Å². The van der Waals surface area contributed by atoms with Gasteiger partial charge in [-0.1, -0.05) is 33.6 Å². The van der Waals surface area contributed by atoms with Gasteiger partial charge in [-0.2, -0.15) is 0 Å². The minimum Gasteiger partial charge on any atom is -0.508 e. The summed E-state index contributed by atoms with van der Waals surface area (Å²) in [6, 6.07) is 4.41. The average Bonchev–Trinajstić information content (AvgIpc) is 3.12. The van der Waals surface area contributed by atoms with Crippen molar-refractivity contribution in [2.24, 2.45) is 17.8 Å². The van der Waals surface area contributed by atoms with Crippen molar-refractivity contribution in [3.05, 3.63) is 35.4 Å². The summed E-state index contributed by atoms with van der Waals surface area (Å²) in [5.41, 5.74) is 1.03. The molecule has 0 radical (unpaired) electrons. The van der Waals surface area contributed by atoms with Crippen LogP contribution in [0.1, 0.15) is 24.3 Å². The number of alkyl halides is 3. The number of rotatable bonds is 3. The Bertz CT molecular complexity index is 1190. The van der Waals surface area contributed by atoms with Crippen LogP contribution in [0.4, 0.5) is 0 Å². The molecular weight excluding hydrogens is 551 g/mol. The van der Waals surface area contributed by atoms with Crippen molar-refractivity contribution in [2.75, 3.05) is 19.6 Å². The molecule has 4 aliphatic rings. The molecule has 4 amide bonds. The van der Waals surface area contributed by atoms with Gasteiger partial charge < -0.3 is 9.84 Å². The fourth-order valence-electron chi connectivity index (χ4n) is 6.19. The molecule has 0 bridgehead atoms. The minimum atomic E-state index is -1.91. The average molecular weight is 572 g/mol. The Kier molecular flexibility index (Phi) is 5.35. The highest BCUT2D eigenvalue weighted by Gasteiger charge is 2.76. The topological polar surface area (TPSA) is 104 Å². The highest BCUT2D eigenvalue weighted by Crippen LogP contribution is 2.66. The maximum absolute atomic E-state index is 13.6. The van der Waals surface area contributed by atoms with E-state index in [0.717, 1.165) is 9.80 Å². The van der Waals surface area contributed by atoms with Gasteiger partial charge in [-0.15, -0.1) is 23.2 Å². The summed E-state index contributed by atoms with van der Waals surface area (Å²) in [5.74, 6) is -4.49. The maximum Gasteiger partial charge on any atom is 0.254 e. The molecule has 1 N–H and O–H groups in total. The number of fused-ring (bicyclic) bond motifs is 4. The van der Waals surface area contributed by atoms with Gasteiger partial charge in [0.25, 0.3) is 11.8 Å². The Hall–Kier alpha value is -2.10. The molecule has 2 aliphatic heterocycles. The van der Waals surface area contributed by atoms with E-state index >= 15 is 0 Å². The van der Waals surface area contributed by atoms with Gasteiger partial charge in [0.15, 0.2) is 9.75 Å². The largest absolute Gasteiger partial charge is 0.508 e. The third-order valence-corrected chi connectivity index (χ3v) is 9.68. The first-order valence-corrected chi connectivity index (χ1v) is 12.6. The number of ether oxygens (including phenoxy) is 1. The van der Waals surface area contributed by atoms with Crippen molar-refractivity contribution < 1.29 is 29.0 Å². The number of hydrogen-bond donors (Lipinski definition) is 1. The van der Waals surface area contributed by atoms with Gasteiger partial charge in [0.1, 0.15) is 11.5 Å². The zero-order valence-corrected chi connectivity index (χ0v) is 21.4. The number of phenols is 1. The number of halogens is 3. The molecule has 2 heterocycles. The molecule has 2 saturated heterocycles. The molecule has 3 fully saturated rings. The molecule has 2 aliphatic carbocycles.